The molecule has 160 valence electrons. The fraction of sp³-hybridized carbons (Fsp3) is 0.435. The Balaban J connectivity index is 1.50. The Labute approximate surface area is 176 Å². The molecule has 2 aromatic carbocycles. The molecule has 1 heterocycles. The predicted molar refractivity (Wildman–Crippen MR) is 113 cm³/mol. The lowest BCUT2D eigenvalue weighted by atomic mass is 9.98. The summed E-state index contributed by atoms with van der Waals surface area (Å²) in [6, 6.07) is 12.6. The topological polar surface area (TPSA) is 85.3 Å². The highest BCUT2D eigenvalue weighted by atomic mass is 16.8. The second-order valence-corrected chi connectivity index (χ2v) is 8.01. The number of likely N-dealkylation sites (tertiary alicyclic amines) is 1. The van der Waals surface area contributed by atoms with Crippen molar-refractivity contribution in [2.75, 3.05) is 18.9 Å². The summed E-state index contributed by atoms with van der Waals surface area (Å²) in [6.45, 7) is 0.832. The third kappa shape index (κ3) is 4.37. The van der Waals surface area contributed by atoms with Gasteiger partial charge in [-0.1, -0.05) is 24.3 Å². The van der Waals surface area contributed by atoms with Crippen molar-refractivity contribution < 1.29 is 19.5 Å². The molecule has 0 aromatic heterocycles. The van der Waals surface area contributed by atoms with Crippen LogP contribution in [0.25, 0.3) is 0 Å². The lowest BCUT2D eigenvalue weighted by Gasteiger charge is -2.26. The minimum atomic E-state index is -0.149. The van der Waals surface area contributed by atoms with E-state index in [-0.39, 0.29) is 35.4 Å². The van der Waals surface area contributed by atoms with Crippen molar-refractivity contribution >= 4 is 11.6 Å². The molecule has 4 rings (SSSR count). The number of ether oxygens (including phenoxy) is 2. The van der Waals surface area contributed by atoms with E-state index >= 15 is 0 Å². The average molecular weight is 411 g/mol. The number of amides is 1. The molecule has 1 atom stereocenters. The van der Waals surface area contributed by atoms with Gasteiger partial charge in [-0.05, 0) is 55.0 Å². The molecule has 0 radical (unpaired) electrons. The van der Waals surface area contributed by atoms with Crippen molar-refractivity contribution in [3.8, 4) is 11.5 Å². The minimum absolute atomic E-state index is 0.0271. The average Bonchev–Trinajstić information content (AvgIpc) is 3.38. The maximum atomic E-state index is 12.6. The van der Waals surface area contributed by atoms with Crippen molar-refractivity contribution in [2.24, 2.45) is 0 Å². The summed E-state index contributed by atoms with van der Waals surface area (Å²) in [5.41, 5.74) is 1.81. The lowest BCUT2D eigenvalue weighted by molar-refractivity contribution is -0.128. The number of methoxy groups -OCH3 is 1. The highest BCUT2D eigenvalue weighted by Crippen LogP contribution is 2.37. The molecule has 2 aliphatic rings. The van der Waals surface area contributed by atoms with Crippen molar-refractivity contribution in [3.05, 3.63) is 58.8 Å². The van der Waals surface area contributed by atoms with Crippen molar-refractivity contribution in [2.45, 2.75) is 50.7 Å². The molecular formula is C23H27N2O5-. The third-order valence-corrected chi connectivity index (χ3v) is 6.03. The summed E-state index contributed by atoms with van der Waals surface area (Å²) >= 11 is 0. The molecule has 1 amide bonds. The minimum Gasteiger partial charge on any atom is -0.733 e. The van der Waals surface area contributed by atoms with Gasteiger partial charge in [-0.25, -0.2) is 0 Å². The molecule has 7 nitrogen and oxygen atoms in total. The molecule has 1 N–H and O–H groups in total. The van der Waals surface area contributed by atoms with Crippen molar-refractivity contribution in [1.29, 1.82) is 0 Å². The predicted octanol–water partition coefficient (Wildman–Crippen LogP) is 4.23. The van der Waals surface area contributed by atoms with Crippen molar-refractivity contribution in [1.82, 2.24) is 4.90 Å². The van der Waals surface area contributed by atoms with E-state index in [2.05, 4.69) is 0 Å². The van der Waals surface area contributed by atoms with E-state index in [0.29, 0.717) is 24.3 Å². The lowest BCUT2D eigenvalue weighted by Crippen LogP contribution is -2.25. The van der Waals surface area contributed by atoms with E-state index in [9.17, 15) is 15.2 Å². The Morgan fingerprint density at radius 2 is 1.93 bits per heavy atom. The quantitative estimate of drug-likeness (QED) is 0.687. The van der Waals surface area contributed by atoms with E-state index in [4.69, 9.17) is 9.47 Å². The number of carbonyl (C=O) groups is 1. The number of anilines is 1. The van der Waals surface area contributed by atoms with Crippen LogP contribution in [0.4, 0.5) is 5.69 Å². The Bertz CT molecular complexity index is 895. The van der Waals surface area contributed by atoms with Gasteiger partial charge >= 0.3 is 0 Å². The van der Waals surface area contributed by atoms with Gasteiger partial charge < -0.3 is 24.8 Å². The summed E-state index contributed by atoms with van der Waals surface area (Å²) in [6.07, 6.45) is 5.12. The van der Waals surface area contributed by atoms with Crippen LogP contribution in [0.15, 0.2) is 42.5 Å². The van der Waals surface area contributed by atoms with Crippen LogP contribution in [-0.2, 0) is 11.3 Å². The summed E-state index contributed by atoms with van der Waals surface area (Å²) in [5.74, 6) is 1.51. The van der Waals surface area contributed by atoms with E-state index in [0.717, 1.165) is 24.2 Å². The zero-order chi connectivity index (χ0) is 21.1. The van der Waals surface area contributed by atoms with Gasteiger partial charge in [-0.3, -0.25) is 10.0 Å². The molecule has 2 aromatic rings. The third-order valence-electron chi connectivity index (χ3n) is 6.03. The number of benzene rings is 2. The normalized spacial score (nSPS) is 19.4. The largest absolute Gasteiger partial charge is 0.733 e. The van der Waals surface area contributed by atoms with Gasteiger partial charge in [0.1, 0.15) is 0 Å². The fourth-order valence-corrected chi connectivity index (χ4v) is 4.41. The summed E-state index contributed by atoms with van der Waals surface area (Å²) in [5, 5.41) is 20.6. The van der Waals surface area contributed by atoms with Crippen LogP contribution in [0.3, 0.4) is 0 Å². The summed E-state index contributed by atoms with van der Waals surface area (Å²) in [7, 11) is 1.63. The number of hydrogen-bond acceptors (Lipinski definition) is 6. The van der Waals surface area contributed by atoms with Crippen LogP contribution in [0.5, 0.6) is 11.5 Å². The SMILES string of the molecule is COc1ccc(C2CC(=O)N(Cc3ccccc3N([O-])O)C2)cc1OC1CCCC1. The zero-order valence-corrected chi connectivity index (χ0v) is 17.1. The second kappa shape index (κ2) is 8.93. The second-order valence-electron chi connectivity index (χ2n) is 8.01. The van der Waals surface area contributed by atoms with Gasteiger partial charge in [0.05, 0.1) is 18.9 Å². The van der Waals surface area contributed by atoms with Gasteiger partial charge in [0.15, 0.2) is 11.5 Å². The number of carbonyl (C=O) groups excluding carboxylic acids is 1. The Kier molecular flexibility index (Phi) is 6.11. The highest BCUT2D eigenvalue weighted by Gasteiger charge is 2.32. The van der Waals surface area contributed by atoms with Crippen LogP contribution in [-0.4, -0.2) is 35.8 Å². The molecule has 1 unspecified atom stereocenters. The number of para-hydroxylation sites is 1. The van der Waals surface area contributed by atoms with E-state index < -0.39 is 0 Å². The van der Waals surface area contributed by atoms with E-state index in [1.165, 1.54) is 18.9 Å². The monoisotopic (exact) mass is 411 g/mol. The fourth-order valence-electron chi connectivity index (χ4n) is 4.41. The number of nitrogens with zero attached hydrogens (tertiary/aromatic N) is 2. The van der Waals surface area contributed by atoms with Gasteiger partial charge in [-0.2, -0.15) is 0 Å². The summed E-state index contributed by atoms with van der Waals surface area (Å²) < 4.78 is 11.7. The molecule has 1 aliphatic heterocycles. The summed E-state index contributed by atoms with van der Waals surface area (Å²) in [4.78, 5) is 14.4. The van der Waals surface area contributed by atoms with E-state index in [1.54, 1.807) is 30.2 Å². The molecule has 0 spiro atoms. The van der Waals surface area contributed by atoms with Gasteiger partial charge in [-0.15, -0.1) is 0 Å². The maximum Gasteiger partial charge on any atom is 0.223 e. The molecule has 7 heteroatoms. The molecule has 2 fully saturated rings. The molecule has 1 saturated heterocycles. The first-order valence-electron chi connectivity index (χ1n) is 10.4. The maximum absolute atomic E-state index is 12.6. The van der Waals surface area contributed by atoms with Crippen LogP contribution in [0, 0.1) is 5.21 Å². The van der Waals surface area contributed by atoms with Crippen molar-refractivity contribution in [3.63, 3.8) is 0 Å². The van der Waals surface area contributed by atoms with Gasteiger partial charge in [0.2, 0.25) is 5.91 Å². The van der Waals surface area contributed by atoms with Crippen LogP contribution in [0.1, 0.15) is 49.1 Å². The number of hydrogen-bond donors (Lipinski definition) is 1. The van der Waals surface area contributed by atoms with Crippen LogP contribution in [0.2, 0.25) is 0 Å². The first kappa shape index (κ1) is 20.5. The Morgan fingerprint density at radius 3 is 2.67 bits per heavy atom. The first-order valence-corrected chi connectivity index (χ1v) is 10.4. The first-order chi connectivity index (χ1) is 14.5. The molecular weight excluding hydrogens is 384 g/mol. The zero-order valence-electron chi connectivity index (χ0n) is 17.1. The van der Waals surface area contributed by atoms with Crippen LogP contribution >= 0.6 is 0 Å². The van der Waals surface area contributed by atoms with E-state index in [1.807, 2.05) is 18.2 Å². The Hall–Kier alpha value is -2.77. The molecule has 1 aliphatic carbocycles. The smallest absolute Gasteiger partial charge is 0.223 e. The van der Waals surface area contributed by atoms with Gasteiger partial charge in [0.25, 0.3) is 0 Å². The van der Waals surface area contributed by atoms with Crippen LogP contribution < -0.4 is 14.7 Å². The van der Waals surface area contributed by atoms with Gasteiger partial charge in [0, 0.05) is 25.4 Å². The number of rotatable bonds is 7. The molecule has 30 heavy (non-hydrogen) atoms. The Morgan fingerprint density at radius 1 is 1.17 bits per heavy atom. The molecule has 1 saturated carbocycles. The highest BCUT2D eigenvalue weighted by molar-refractivity contribution is 5.80. The standard InChI is InChI=1S/C23H27N2O5/c1-29-21-11-10-16(12-22(21)30-19-7-3-4-8-19)18-13-23(26)24(15-18)14-17-6-2-5-9-20(17)25(27)28/h2,5-6,9-12,18-19,27H,3-4,7-8,13-15H2,1H3/q-1. The molecule has 0 bridgehead atoms.